The number of rotatable bonds is 5. The molecule has 0 bridgehead atoms. The molecule has 0 fully saturated rings. The molecular weight excluding hydrogens is 252 g/mol. The first-order chi connectivity index (χ1) is 9.61. The van der Waals surface area contributed by atoms with Gasteiger partial charge in [-0.2, -0.15) is 0 Å². The predicted octanol–water partition coefficient (Wildman–Crippen LogP) is 3.06. The molecular formula is C16H20N2O2. The van der Waals surface area contributed by atoms with Crippen LogP contribution in [0.5, 0.6) is 0 Å². The van der Waals surface area contributed by atoms with E-state index in [0.29, 0.717) is 18.1 Å². The van der Waals surface area contributed by atoms with E-state index in [9.17, 15) is 4.79 Å². The molecule has 0 spiro atoms. The fraction of sp³-hybridized carbons (Fsp3) is 0.375. The van der Waals surface area contributed by atoms with Crippen molar-refractivity contribution in [2.45, 2.75) is 26.7 Å². The van der Waals surface area contributed by atoms with E-state index >= 15 is 0 Å². The van der Waals surface area contributed by atoms with Crippen LogP contribution in [0.25, 0.3) is 11.5 Å². The molecule has 0 aliphatic heterocycles. The number of likely N-dealkylation sites (N-methyl/N-ethyl adjacent to an activating group) is 1. The monoisotopic (exact) mass is 272 g/mol. The summed E-state index contributed by atoms with van der Waals surface area (Å²) in [5, 5.41) is 0. The van der Waals surface area contributed by atoms with Crippen molar-refractivity contribution in [1.29, 1.82) is 0 Å². The van der Waals surface area contributed by atoms with E-state index in [2.05, 4.69) is 11.9 Å². The summed E-state index contributed by atoms with van der Waals surface area (Å²) in [5.74, 6) is 1.36. The van der Waals surface area contributed by atoms with Crippen molar-refractivity contribution in [3.63, 3.8) is 0 Å². The van der Waals surface area contributed by atoms with E-state index in [0.717, 1.165) is 24.2 Å². The largest absolute Gasteiger partial charge is 0.441 e. The summed E-state index contributed by atoms with van der Waals surface area (Å²) in [6, 6.07) is 9.72. The zero-order chi connectivity index (χ0) is 14.5. The summed E-state index contributed by atoms with van der Waals surface area (Å²) in [5.41, 5.74) is 1.65. The molecule has 0 N–H and O–H groups in total. The van der Waals surface area contributed by atoms with Crippen molar-refractivity contribution in [3.05, 3.63) is 41.8 Å². The van der Waals surface area contributed by atoms with E-state index in [1.165, 1.54) is 0 Å². The Morgan fingerprint density at radius 1 is 1.30 bits per heavy atom. The van der Waals surface area contributed by atoms with Crippen LogP contribution in [0, 0.1) is 6.92 Å². The third-order valence-electron chi connectivity index (χ3n) is 3.22. The van der Waals surface area contributed by atoms with Crippen LogP contribution in [0.15, 0.2) is 34.7 Å². The van der Waals surface area contributed by atoms with E-state index < -0.39 is 0 Å². The van der Waals surface area contributed by atoms with E-state index in [-0.39, 0.29) is 5.91 Å². The van der Waals surface area contributed by atoms with Crippen LogP contribution in [0.3, 0.4) is 0 Å². The third-order valence-corrected chi connectivity index (χ3v) is 3.22. The summed E-state index contributed by atoms with van der Waals surface area (Å²) in [6.45, 7) is 4.67. The average molecular weight is 272 g/mol. The Hall–Kier alpha value is -2.10. The standard InChI is InChI=1S/C16H20N2O2/c1-4-10-18(3)15(19)11-14-12(2)20-16(17-14)13-8-6-5-7-9-13/h5-9H,4,10-11H2,1-3H3. The minimum atomic E-state index is 0.0721. The maximum atomic E-state index is 12.0. The van der Waals surface area contributed by atoms with E-state index in [4.69, 9.17) is 4.42 Å². The highest BCUT2D eigenvalue weighted by molar-refractivity contribution is 5.78. The summed E-state index contributed by atoms with van der Waals surface area (Å²) < 4.78 is 5.66. The topological polar surface area (TPSA) is 46.3 Å². The molecule has 0 aliphatic carbocycles. The first-order valence-electron chi connectivity index (χ1n) is 6.87. The molecule has 1 aromatic heterocycles. The lowest BCUT2D eigenvalue weighted by Crippen LogP contribution is -2.29. The SMILES string of the molecule is CCCN(C)C(=O)Cc1nc(-c2ccccc2)oc1C. The number of carbonyl (C=O) groups excluding carboxylic acids is 1. The van der Waals surface area contributed by atoms with Crippen LogP contribution in [-0.2, 0) is 11.2 Å². The van der Waals surface area contributed by atoms with Gasteiger partial charge in [0.2, 0.25) is 11.8 Å². The molecule has 0 aliphatic rings. The molecule has 1 heterocycles. The van der Waals surface area contributed by atoms with Gasteiger partial charge in [0.15, 0.2) is 0 Å². The molecule has 1 amide bonds. The van der Waals surface area contributed by atoms with Gasteiger partial charge < -0.3 is 9.32 Å². The lowest BCUT2D eigenvalue weighted by atomic mass is 10.2. The van der Waals surface area contributed by atoms with E-state index in [1.54, 1.807) is 4.90 Å². The van der Waals surface area contributed by atoms with Gasteiger partial charge in [-0.15, -0.1) is 0 Å². The third kappa shape index (κ3) is 3.26. The number of carbonyl (C=O) groups is 1. The number of amides is 1. The van der Waals surface area contributed by atoms with Crippen LogP contribution in [0.4, 0.5) is 0 Å². The fourth-order valence-corrected chi connectivity index (χ4v) is 2.03. The lowest BCUT2D eigenvalue weighted by molar-refractivity contribution is -0.129. The zero-order valence-corrected chi connectivity index (χ0v) is 12.2. The highest BCUT2D eigenvalue weighted by Crippen LogP contribution is 2.21. The Kier molecular flexibility index (Phi) is 4.56. The molecule has 0 atom stereocenters. The molecule has 0 saturated heterocycles. The molecule has 2 aromatic rings. The fourth-order valence-electron chi connectivity index (χ4n) is 2.03. The van der Waals surface area contributed by atoms with Gasteiger partial charge in [-0.1, -0.05) is 25.1 Å². The van der Waals surface area contributed by atoms with Gasteiger partial charge in [0.25, 0.3) is 0 Å². The smallest absolute Gasteiger partial charge is 0.228 e. The molecule has 20 heavy (non-hydrogen) atoms. The van der Waals surface area contributed by atoms with E-state index in [1.807, 2.05) is 44.3 Å². The lowest BCUT2D eigenvalue weighted by Gasteiger charge is -2.15. The molecule has 2 rings (SSSR count). The van der Waals surface area contributed by atoms with Gasteiger partial charge in [0.1, 0.15) is 5.76 Å². The van der Waals surface area contributed by atoms with Gasteiger partial charge in [-0.05, 0) is 25.5 Å². The number of oxazole rings is 1. The second-order valence-electron chi connectivity index (χ2n) is 4.88. The maximum Gasteiger partial charge on any atom is 0.228 e. The van der Waals surface area contributed by atoms with Crippen LogP contribution >= 0.6 is 0 Å². The van der Waals surface area contributed by atoms with Crippen molar-refractivity contribution in [2.24, 2.45) is 0 Å². The van der Waals surface area contributed by atoms with Gasteiger partial charge in [0.05, 0.1) is 12.1 Å². The van der Waals surface area contributed by atoms with Crippen LogP contribution in [-0.4, -0.2) is 29.4 Å². The second-order valence-corrected chi connectivity index (χ2v) is 4.88. The Bertz CT molecular complexity index is 575. The molecule has 1 aromatic carbocycles. The highest BCUT2D eigenvalue weighted by Gasteiger charge is 2.16. The summed E-state index contributed by atoms with van der Waals surface area (Å²) in [4.78, 5) is 18.2. The van der Waals surface area contributed by atoms with Crippen molar-refractivity contribution in [2.75, 3.05) is 13.6 Å². The number of nitrogens with zero attached hydrogens (tertiary/aromatic N) is 2. The van der Waals surface area contributed by atoms with Crippen molar-refractivity contribution in [1.82, 2.24) is 9.88 Å². The van der Waals surface area contributed by atoms with Crippen LogP contribution in [0.2, 0.25) is 0 Å². The second kappa shape index (κ2) is 6.37. The Morgan fingerprint density at radius 2 is 2.00 bits per heavy atom. The normalized spacial score (nSPS) is 10.6. The zero-order valence-electron chi connectivity index (χ0n) is 12.2. The minimum absolute atomic E-state index is 0.0721. The number of hydrogen-bond donors (Lipinski definition) is 0. The Balaban J connectivity index is 2.14. The van der Waals surface area contributed by atoms with Crippen LogP contribution < -0.4 is 0 Å². The first kappa shape index (κ1) is 14.3. The number of hydrogen-bond acceptors (Lipinski definition) is 3. The van der Waals surface area contributed by atoms with Gasteiger partial charge >= 0.3 is 0 Å². The minimum Gasteiger partial charge on any atom is -0.441 e. The number of aryl methyl sites for hydroxylation is 1. The predicted molar refractivity (Wildman–Crippen MR) is 78.3 cm³/mol. The summed E-state index contributed by atoms with van der Waals surface area (Å²) in [7, 11) is 1.82. The molecule has 4 heteroatoms. The van der Waals surface area contributed by atoms with Crippen LogP contribution in [0.1, 0.15) is 24.8 Å². The van der Waals surface area contributed by atoms with Gasteiger partial charge in [0, 0.05) is 19.2 Å². The number of benzene rings is 1. The first-order valence-corrected chi connectivity index (χ1v) is 6.87. The quantitative estimate of drug-likeness (QED) is 0.840. The summed E-state index contributed by atoms with van der Waals surface area (Å²) >= 11 is 0. The van der Waals surface area contributed by atoms with Gasteiger partial charge in [-0.25, -0.2) is 4.98 Å². The van der Waals surface area contributed by atoms with Crippen molar-refractivity contribution in [3.8, 4) is 11.5 Å². The number of aromatic nitrogens is 1. The highest BCUT2D eigenvalue weighted by atomic mass is 16.4. The molecule has 4 nitrogen and oxygen atoms in total. The van der Waals surface area contributed by atoms with Crippen molar-refractivity contribution >= 4 is 5.91 Å². The maximum absolute atomic E-state index is 12.0. The Morgan fingerprint density at radius 3 is 2.65 bits per heavy atom. The molecule has 106 valence electrons. The molecule has 0 unspecified atom stereocenters. The molecule has 0 radical (unpaired) electrons. The molecule has 0 saturated carbocycles. The average Bonchev–Trinajstić information content (AvgIpc) is 2.81. The summed E-state index contributed by atoms with van der Waals surface area (Å²) in [6.07, 6.45) is 1.24. The van der Waals surface area contributed by atoms with Crippen molar-refractivity contribution < 1.29 is 9.21 Å². The van der Waals surface area contributed by atoms with Gasteiger partial charge in [-0.3, -0.25) is 4.79 Å². The Labute approximate surface area is 119 Å².